The molecule has 0 aliphatic carbocycles. The second-order valence-electron chi connectivity index (χ2n) is 6.16. The van der Waals surface area contributed by atoms with Gasteiger partial charge in [-0.25, -0.2) is 0 Å². The van der Waals surface area contributed by atoms with Crippen LogP contribution in [0.15, 0.2) is 54.6 Å². The lowest BCUT2D eigenvalue weighted by atomic mass is 10.1. The van der Waals surface area contributed by atoms with Crippen molar-refractivity contribution in [2.75, 3.05) is 30.9 Å². The molecule has 0 bridgehead atoms. The van der Waals surface area contributed by atoms with E-state index in [2.05, 4.69) is 46.3 Å². The third kappa shape index (κ3) is 4.83. The first-order valence-corrected chi connectivity index (χ1v) is 8.37. The van der Waals surface area contributed by atoms with E-state index >= 15 is 0 Å². The molecule has 0 aliphatic rings. The Morgan fingerprint density at radius 3 is 2.21 bits per heavy atom. The van der Waals surface area contributed by atoms with E-state index in [0.29, 0.717) is 0 Å². The zero-order valence-electron chi connectivity index (χ0n) is 15.0. The molecule has 0 aromatic heterocycles. The van der Waals surface area contributed by atoms with Crippen molar-refractivity contribution in [1.82, 2.24) is 4.90 Å². The maximum Gasteiger partial charge on any atom is 0.241 e. The van der Waals surface area contributed by atoms with Crippen molar-refractivity contribution in [3.05, 3.63) is 60.2 Å². The van der Waals surface area contributed by atoms with Gasteiger partial charge in [0.2, 0.25) is 5.91 Å². The highest BCUT2D eigenvalue weighted by molar-refractivity contribution is 5.94. The predicted octanol–water partition coefficient (Wildman–Crippen LogP) is 3.60. The molecule has 0 radical (unpaired) electrons. The van der Waals surface area contributed by atoms with Gasteiger partial charge in [0.1, 0.15) is 0 Å². The first-order valence-electron chi connectivity index (χ1n) is 8.37. The Morgan fingerprint density at radius 1 is 1.04 bits per heavy atom. The SMILES string of the molecule is CCN(Cc1ccc(N(C)C)cc1)[C@H](C)C(=O)Nc1ccccc1. The average molecular weight is 325 g/mol. The van der Waals surface area contributed by atoms with E-state index in [4.69, 9.17) is 0 Å². The van der Waals surface area contributed by atoms with Gasteiger partial charge >= 0.3 is 0 Å². The van der Waals surface area contributed by atoms with Crippen molar-refractivity contribution in [3.63, 3.8) is 0 Å². The van der Waals surface area contributed by atoms with Gasteiger partial charge in [-0.05, 0) is 43.3 Å². The largest absolute Gasteiger partial charge is 0.378 e. The number of likely N-dealkylation sites (N-methyl/N-ethyl adjacent to an activating group) is 1. The fourth-order valence-electron chi connectivity index (χ4n) is 2.59. The van der Waals surface area contributed by atoms with E-state index in [1.165, 1.54) is 11.3 Å². The molecule has 2 aromatic carbocycles. The maximum atomic E-state index is 12.5. The van der Waals surface area contributed by atoms with Crippen molar-refractivity contribution in [3.8, 4) is 0 Å². The molecule has 2 rings (SSSR count). The van der Waals surface area contributed by atoms with Crippen LogP contribution >= 0.6 is 0 Å². The first kappa shape index (κ1) is 18.0. The summed E-state index contributed by atoms with van der Waals surface area (Å²) in [5.74, 6) is 0.0213. The predicted molar refractivity (Wildman–Crippen MR) is 101 cm³/mol. The molecule has 24 heavy (non-hydrogen) atoms. The summed E-state index contributed by atoms with van der Waals surface area (Å²) in [5, 5.41) is 2.98. The van der Waals surface area contributed by atoms with E-state index in [0.717, 1.165) is 18.8 Å². The molecule has 0 aliphatic heterocycles. The molecule has 4 nitrogen and oxygen atoms in total. The van der Waals surface area contributed by atoms with Crippen LogP contribution in [0.3, 0.4) is 0 Å². The van der Waals surface area contributed by atoms with Crippen LogP contribution in [-0.2, 0) is 11.3 Å². The normalized spacial score (nSPS) is 12.0. The molecule has 0 unspecified atom stereocenters. The second kappa shape index (κ2) is 8.50. The van der Waals surface area contributed by atoms with Crippen molar-refractivity contribution >= 4 is 17.3 Å². The molecule has 1 atom stereocenters. The van der Waals surface area contributed by atoms with Gasteiger partial charge in [-0.1, -0.05) is 37.3 Å². The number of carbonyl (C=O) groups excluding carboxylic acids is 1. The minimum absolute atomic E-state index is 0.0213. The Kier molecular flexibility index (Phi) is 6.38. The number of amides is 1. The molecule has 128 valence electrons. The quantitative estimate of drug-likeness (QED) is 0.845. The topological polar surface area (TPSA) is 35.6 Å². The number of para-hydroxylation sites is 1. The van der Waals surface area contributed by atoms with Gasteiger partial charge in [-0.3, -0.25) is 9.69 Å². The van der Waals surface area contributed by atoms with Crippen molar-refractivity contribution in [2.45, 2.75) is 26.4 Å². The molecular weight excluding hydrogens is 298 g/mol. The van der Waals surface area contributed by atoms with Crippen molar-refractivity contribution < 1.29 is 4.79 Å². The number of hydrogen-bond acceptors (Lipinski definition) is 3. The van der Waals surface area contributed by atoms with Crippen LogP contribution in [-0.4, -0.2) is 37.5 Å². The lowest BCUT2D eigenvalue weighted by Gasteiger charge is -2.27. The Morgan fingerprint density at radius 2 is 1.67 bits per heavy atom. The van der Waals surface area contributed by atoms with Crippen LogP contribution < -0.4 is 10.2 Å². The lowest BCUT2D eigenvalue weighted by Crippen LogP contribution is -2.41. The summed E-state index contributed by atoms with van der Waals surface area (Å²) in [6, 6.07) is 17.9. The number of nitrogens with zero attached hydrogens (tertiary/aromatic N) is 2. The number of carbonyl (C=O) groups is 1. The molecule has 0 saturated heterocycles. The summed E-state index contributed by atoms with van der Waals surface area (Å²) in [6.45, 7) is 5.61. The molecule has 0 spiro atoms. The zero-order valence-corrected chi connectivity index (χ0v) is 15.0. The summed E-state index contributed by atoms with van der Waals surface area (Å²) in [7, 11) is 4.06. The zero-order chi connectivity index (χ0) is 17.5. The summed E-state index contributed by atoms with van der Waals surface area (Å²) in [5.41, 5.74) is 3.22. The first-order chi connectivity index (χ1) is 11.5. The van der Waals surface area contributed by atoms with Gasteiger partial charge in [-0.2, -0.15) is 0 Å². The Hall–Kier alpha value is -2.33. The van der Waals surface area contributed by atoms with E-state index in [-0.39, 0.29) is 11.9 Å². The fraction of sp³-hybridized carbons (Fsp3) is 0.350. The molecule has 0 saturated carbocycles. The fourth-order valence-corrected chi connectivity index (χ4v) is 2.59. The number of anilines is 2. The van der Waals surface area contributed by atoms with Crippen LogP contribution in [0.1, 0.15) is 19.4 Å². The third-order valence-corrected chi connectivity index (χ3v) is 4.21. The van der Waals surface area contributed by atoms with Crippen LogP contribution in [0.5, 0.6) is 0 Å². The highest BCUT2D eigenvalue weighted by atomic mass is 16.2. The minimum atomic E-state index is -0.191. The standard InChI is InChI=1S/C20H27N3O/c1-5-23(15-17-11-13-19(14-12-17)22(3)4)16(2)20(24)21-18-9-7-6-8-10-18/h6-14,16H,5,15H2,1-4H3,(H,21,24)/t16-/m1/s1. The second-order valence-corrected chi connectivity index (χ2v) is 6.16. The molecular formula is C20H27N3O. The van der Waals surface area contributed by atoms with Crippen LogP contribution in [0.25, 0.3) is 0 Å². The summed E-state index contributed by atoms with van der Waals surface area (Å²) in [4.78, 5) is 16.7. The molecule has 2 aromatic rings. The molecule has 0 fully saturated rings. The van der Waals surface area contributed by atoms with Crippen molar-refractivity contribution in [2.24, 2.45) is 0 Å². The van der Waals surface area contributed by atoms with Gasteiger partial charge in [0.05, 0.1) is 6.04 Å². The minimum Gasteiger partial charge on any atom is -0.378 e. The number of rotatable bonds is 7. The highest BCUT2D eigenvalue weighted by Crippen LogP contribution is 2.15. The summed E-state index contributed by atoms with van der Waals surface area (Å²) < 4.78 is 0. The van der Waals surface area contributed by atoms with Crippen LogP contribution in [0.4, 0.5) is 11.4 Å². The maximum absolute atomic E-state index is 12.5. The number of nitrogens with one attached hydrogen (secondary N) is 1. The molecule has 1 amide bonds. The monoisotopic (exact) mass is 325 g/mol. The molecule has 0 heterocycles. The lowest BCUT2D eigenvalue weighted by molar-refractivity contribution is -0.120. The molecule has 4 heteroatoms. The smallest absolute Gasteiger partial charge is 0.241 e. The van der Waals surface area contributed by atoms with Crippen LogP contribution in [0, 0.1) is 0 Å². The summed E-state index contributed by atoms with van der Waals surface area (Å²) in [6.07, 6.45) is 0. The van der Waals surface area contributed by atoms with Gasteiger partial charge in [-0.15, -0.1) is 0 Å². The third-order valence-electron chi connectivity index (χ3n) is 4.21. The van der Waals surface area contributed by atoms with E-state index in [1.807, 2.05) is 51.4 Å². The average Bonchev–Trinajstić information content (AvgIpc) is 2.60. The van der Waals surface area contributed by atoms with Gasteiger partial charge in [0, 0.05) is 32.0 Å². The number of benzene rings is 2. The Labute approximate surface area is 145 Å². The van der Waals surface area contributed by atoms with E-state index < -0.39 is 0 Å². The van der Waals surface area contributed by atoms with Crippen molar-refractivity contribution in [1.29, 1.82) is 0 Å². The number of hydrogen-bond donors (Lipinski definition) is 1. The van der Waals surface area contributed by atoms with Gasteiger partial charge in [0.15, 0.2) is 0 Å². The summed E-state index contributed by atoms with van der Waals surface area (Å²) >= 11 is 0. The van der Waals surface area contributed by atoms with Crippen LogP contribution in [0.2, 0.25) is 0 Å². The Bertz CT molecular complexity index is 638. The van der Waals surface area contributed by atoms with E-state index in [9.17, 15) is 4.79 Å². The van der Waals surface area contributed by atoms with E-state index in [1.54, 1.807) is 0 Å². The van der Waals surface area contributed by atoms with Gasteiger partial charge in [0.25, 0.3) is 0 Å². The Balaban J connectivity index is 2.00. The van der Waals surface area contributed by atoms with Gasteiger partial charge < -0.3 is 10.2 Å². The molecule has 1 N–H and O–H groups in total. The highest BCUT2D eigenvalue weighted by Gasteiger charge is 2.20.